The number of hydrogen-bond acceptors (Lipinski definition) is 2. The van der Waals surface area contributed by atoms with E-state index in [-0.39, 0.29) is 11.4 Å². The number of carbonyl (C=O) groups excluding carboxylic acids is 1. The van der Waals surface area contributed by atoms with Crippen LogP contribution >= 0.6 is 0 Å². The zero-order valence-electron chi connectivity index (χ0n) is 9.65. The second kappa shape index (κ2) is 4.26. The largest absolute Gasteiger partial charge is 0.332 e. The summed E-state index contributed by atoms with van der Waals surface area (Å²) in [5, 5.41) is 0. The molecule has 86 valence electrons. The van der Waals surface area contributed by atoms with Crippen molar-refractivity contribution in [3.63, 3.8) is 0 Å². The minimum Gasteiger partial charge on any atom is -0.332 e. The van der Waals surface area contributed by atoms with E-state index in [0.717, 1.165) is 6.42 Å². The first-order chi connectivity index (χ1) is 7.65. The van der Waals surface area contributed by atoms with Crippen molar-refractivity contribution < 1.29 is 4.79 Å². The molecule has 2 rings (SSSR count). The molecule has 0 saturated carbocycles. The molecule has 0 spiro atoms. The number of likely N-dealkylation sites (tertiary alicyclic amines) is 1. The maximum absolute atomic E-state index is 11.6. The van der Waals surface area contributed by atoms with Gasteiger partial charge in [0.25, 0.3) is 0 Å². The minimum absolute atomic E-state index is 0.0261. The molecule has 0 aliphatic carbocycles. The summed E-state index contributed by atoms with van der Waals surface area (Å²) in [6, 6.07) is 10.1. The third-order valence-corrected chi connectivity index (χ3v) is 3.35. The van der Waals surface area contributed by atoms with Crippen molar-refractivity contribution in [3.05, 3.63) is 35.9 Å². The number of rotatable bonds is 4. The highest BCUT2D eigenvalue weighted by Crippen LogP contribution is 2.35. The second-order valence-electron chi connectivity index (χ2n) is 4.68. The maximum atomic E-state index is 11.6. The number of nitrogens with zero attached hydrogens (tertiary/aromatic N) is 1. The van der Waals surface area contributed by atoms with Crippen LogP contribution in [0.5, 0.6) is 0 Å². The van der Waals surface area contributed by atoms with Gasteiger partial charge in [0.15, 0.2) is 0 Å². The maximum Gasteiger partial charge on any atom is 0.225 e. The number of nitrogens with two attached hydrogens (primary N) is 1. The molecule has 3 heteroatoms. The monoisotopic (exact) mass is 218 g/mol. The number of amides is 1. The summed E-state index contributed by atoms with van der Waals surface area (Å²) in [6.45, 7) is 3.45. The summed E-state index contributed by atoms with van der Waals surface area (Å²) in [5.74, 6) is 0.236. The number of benzene rings is 1. The second-order valence-corrected chi connectivity index (χ2v) is 4.68. The van der Waals surface area contributed by atoms with Crippen molar-refractivity contribution in [1.82, 2.24) is 4.90 Å². The van der Waals surface area contributed by atoms with Gasteiger partial charge in [0, 0.05) is 13.0 Å². The Hall–Kier alpha value is -1.35. The number of β-lactam (4-membered cyclic amide) rings is 1. The molecular weight excluding hydrogens is 200 g/mol. The van der Waals surface area contributed by atoms with Crippen LogP contribution in [0.3, 0.4) is 0 Å². The van der Waals surface area contributed by atoms with E-state index in [0.29, 0.717) is 19.5 Å². The zero-order valence-corrected chi connectivity index (χ0v) is 9.65. The van der Waals surface area contributed by atoms with E-state index in [1.165, 1.54) is 5.56 Å². The third-order valence-electron chi connectivity index (χ3n) is 3.35. The highest BCUT2D eigenvalue weighted by Gasteiger charge is 2.45. The molecule has 1 atom stereocenters. The molecule has 1 saturated heterocycles. The van der Waals surface area contributed by atoms with E-state index in [1.807, 2.05) is 23.1 Å². The first-order valence-electron chi connectivity index (χ1n) is 5.70. The molecule has 0 unspecified atom stereocenters. The standard InChI is InChI=1S/C13H18N2O/c1-13(7-8-14)9-12(16)15(13)10-11-5-3-2-4-6-11/h2-6H,7-10,14H2,1H3/t13-/m1/s1. The van der Waals surface area contributed by atoms with Gasteiger partial charge in [-0.05, 0) is 25.5 Å². The van der Waals surface area contributed by atoms with Crippen molar-refractivity contribution in [1.29, 1.82) is 0 Å². The first-order valence-corrected chi connectivity index (χ1v) is 5.70. The van der Waals surface area contributed by atoms with Gasteiger partial charge in [-0.15, -0.1) is 0 Å². The molecule has 0 aromatic heterocycles. The molecule has 1 aromatic rings. The normalized spacial score (nSPS) is 24.4. The van der Waals surface area contributed by atoms with Gasteiger partial charge in [-0.25, -0.2) is 0 Å². The molecule has 2 N–H and O–H groups in total. The van der Waals surface area contributed by atoms with E-state index in [1.54, 1.807) is 0 Å². The molecule has 1 aliphatic heterocycles. The minimum atomic E-state index is -0.0261. The molecule has 1 aliphatic rings. The molecule has 1 heterocycles. The fourth-order valence-corrected chi connectivity index (χ4v) is 2.31. The van der Waals surface area contributed by atoms with Gasteiger partial charge in [-0.2, -0.15) is 0 Å². The zero-order chi connectivity index (χ0) is 11.6. The van der Waals surface area contributed by atoms with Crippen molar-refractivity contribution in [2.24, 2.45) is 5.73 Å². The highest BCUT2D eigenvalue weighted by atomic mass is 16.2. The fourth-order valence-electron chi connectivity index (χ4n) is 2.31. The lowest BCUT2D eigenvalue weighted by atomic mass is 9.82. The first kappa shape index (κ1) is 11.1. The van der Waals surface area contributed by atoms with Crippen LogP contribution < -0.4 is 5.73 Å². The van der Waals surface area contributed by atoms with E-state index < -0.39 is 0 Å². The van der Waals surface area contributed by atoms with Gasteiger partial charge in [-0.3, -0.25) is 4.79 Å². The summed E-state index contributed by atoms with van der Waals surface area (Å²) in [7, 11) is 0. The average molecular weight is 218 g/mol. The van der Waals surface area contributed by atoms with Crippen molar-refractivity contribution in [2.75, 3.05) is 6.54 Å². The van der Waals surface area contributed by atoms with Crippen molar-refractivity contribution in [2.45, 2.75) is 31.8 Å². The summed E-state index contributed by atoms with van der Waals surface area (Å²) >= 11 is 0. The Labute approximate surface area is 96.2 Å². The Morgan fingerprint density at radius 2 is 2.06 bits per heavy atom. The van der Waals surface area contributed by atoms with Crippen LogP contribution in [0.15, 0.2) is 30.3 Å². The van der Waals surface area contributed by atoms with Crippen LogP contribution in [0.2, 0.25) is 0 Å². The van der Waals surface area contributed by atoms with Crippen molar-refractivity contribution in [3.8, 4) is 0 Å². The molecule has 0 bridgehead atoms. The molecule has 1 fully saturated rings. The Bertz CT molecular complexity index is 377. The topological polar surface area (TPSA) is 46.3 Å². The van der Waals surface area contributed by atoms with E-state index in [2.05, 4.69) is 19.1 Å². The quantitative estimate of drug-likeness (QED) is 0.779. The smallest absolute Gasteiger partial charge is 0.225 e. The predicted molar refractivity (Wildman–Crippen MR) is 63.7 cm³/mol. The third kappa shape index (κ3) is 1.95. The van der Waals surface area contributed by atoms with Gasteiger partial charge in [0.2, 0.25) is 5.91 Å². The van der Waals surface area contributed by atoms with Gasteiger partial charge in [0.05, 0.1) is 5.54 Å². The van der Waals surface area contributed by atoms with Gasteiger partial charge < -0.3 is 10.6 Å². The molecule has 0 radical (unpaired) electrons. The van der Waals surface area contributed by atoms with Crippen LogP contribution in [0, 0.1) is 0 Å². The Morgan fingerprint density at radius 1 is 1.38 bits per heavy atom. The van der Waals surface area contributed by atoms with Crippen LogP contribution in [-0.2, 0) is 11.3 Å². The van der Waals surface area contributed by atoms with Crippen LogP contribution in [-0.4, -0.2) is 22.9 Å². The molecular formula is C13H18N2O. The molecule has 1 aromatic carbocycles. The van der Waals surface area contributed by atoms with E-state index >= 15 is 0 Å². The molecule has 1 amide bonds. The van der Waals surface area contributed by atoms with Crippen LogP contribution in [0.4, 0.5) is 0 Å². The molecule has 3 nitrogen and oxygen atoms in total. The Kier molecular flexibility index (Phi) is 2.97. The predicted octanol–water partition coefficient (Wildman–Crippen LogP) is 1.53. The van der Waals surface area contributed by atoms with Gasteiger partial charge >= 0.3 is 0 Å². The number of hydrogen-bond donors (Lipinski definition) is 1. The van der Waals surface area contributed by atoms with Crippen LogP contribution in [0.1, 0.15) is 25.3 Å². The van der Waals surface area contributed by atoms with E-state index in [9.17, 15) is 4.79 Å². The van der Waals surface area contributed by atoms with E-state index in [4.69, 9.17) is 5.73 Å². The summed E-state index contributed by atoms with van der Waals surface area (Å²) in [5.41, 5.74) is 6.74. The summed E-state index contributed by atoms with van der Waals surface area (Å²) in [4.78, 5) is 13.6. The average Bonchev–Trinajstić information content (AvgIpc) is 2.28. The van der Waals surface area contributed by atoms with Gasteiger partial charge in [-0.1, -0.05) is 30.3 Å². The highest BCUT2D eigenvalue weighted by molar-refractivity contribution is 5.84. The lowest BCUT2D eigenvalue weighted by Gasteiger charge is -2.50. The van der Waals surface area contributed by atoms with Gasteiger partial charge in [0.1, 0.15) is 0 Å². The lowest BCUT2D eigenvalue weighted by Crippen LogP contribution is -2.61. The van der Waals surface area contributed by atoms with Crippen molar-refractivity contribution >= 4 is 5.91 Å². The summed E-state index contributed by atoms with van der Waals surface area (Å²) in [6.07, 6.45) is 1.52. The summed E-state index contributed by atoms with van der Waals surface area (Å²) < 4.78 is 0. The Morgan fingerprint density at radius 3 is 2.62 bits per heavy atom. The Balaban J connectivity index is 2.06. The van der Waals surface area contributed by atoms with Crippen LogP contribution in [0.25, 0.3) is 0 Å². The fraction of sp³-hybridized carbons (Fsp3) is 0.462. The molecule has 16 heavy (non-hydrogen) atoms. The number of carbonyl (C=O) groups is 1. The SMILES string of the molecule is C[C@@]1(CCN)CC(=O)N1Cc1ccccc1. The lowest BCUT2D eigenvalue weighted by molar-refractivity contribution is -0.157.